The summed E-state index contributed by atoms with van der Waals surface area (Å²) in [6.07, 6.45) is 1.77. The Morgan fingerprint density at radius 1 is 0.600 bits per heavy atom. The number of pyridine rings is 1. The standard InChI is InChI=1S/C34H26BrN3O2/c35-29-15-9-14-27(20-29)30-22-31(38(37-30)34-16-7-8-19-36-34)28-17-18-32(39-23-25-10-3-1-4-11-25)33(21-28)40-24-26-12-5-2-6-13-26/h1-22H,23-24H2. The number of benzene rings is 4. The molecule has 2 heterocycles. The van der Waals surface area contributed by atoms with Crippen LogP contribution >= 0.6 is 15.9 Å². The fourth-order valence-corrected chi connectivity index (χ4v) is 4.80. The van der Waals surface area contributed by atoms with Crippen LogP contribution in [0, 0.1) is 0 Å². The monoisotopic (exact) mass is 587 g/mol. The molecule has 0 amide bonds. The average Bonchev–Trinajstić information content (AvgIpc) is 3.46. The molecule has 6 heteroatoms. The predicted octanol–water partition coefficient (Wildman–Crippen LogP) is 8.52. The van der Waals surface area contributed by atoms with Crippen molar-refractivity contribution in [1.82, 2.24) is 14.8 Å². The summed E-state index contributed by atoms with van der Waals surface area (Å²) in [7, 11) is 0. The zero-order valence-corrected chi connectivity index (χ0v) is 23.2. The van der Waals surface area contributed by atoms with Gasteiger partial charge in [-0.2, -0.15) is 5.10 Å². The van der Waals surface area contributed by atoms with E-state index in [2.05, 4.69) is 51.2 Å². The molecule has 0 saturated carbocycles. The quantitative estimate of drug-likeness (QED) is 0.170. The third-order valence-electron chi connectivity index (χ3n) is 6.41. The Kier molecular flexibility index (Phi) is 7.69. The fraction of sp³-hybridized carbons (Fsp3) is 0.0588. The first kappa shape index (κ1) is 25.6. The van der Waals surface area contributed by atoms with Crippen LogP contribution in [0.15, 0.2) is 138 Å². The topological polar surface area (TPSA) is 49.2 Å². The van der Waals surface area contributed by atoms with Crippen LogP contribution in [0.4, 0.5) is 0 Å². The van der Waals surface area contributed by atoms with E-state index in [4.69, 9.17) is 14.6 Å². The summed E-state index contributed by atoms with van der Waals surface area (Å²) >= 11 is 3.58. The van der Waals surface area contributed by atoms with Gasteiger partial charge in [0.15, 0.2) is 17.3 Å². The second-order valence-electron chi connectivity index (χ2n) is 9.23. The highest BCUT2D eigenvalue weighted by Crippen LogP contribution is 2.36. The van der Waals surface area contributed by atoms with Crippen LogP contribution < -0.4 is 9.47 Å². The number of rotatable bonds is 9. The second-order valence-corrected chi connectivity index (χ2v) is 10.2. The Balaban J connectivity index is 1.40. The molecule has 0 aliphatic rings. The van der Waals surface area contributed by atoms with Crippen molar-refractivity contribution in [3.63, 3.8) is 0 Å². The summed E-state index contributed by atoms with van der Waals surface area (Å²) in [6, 6.07) is 42.3. The van der Waals surface area contributed by atoms with Gasteiger partial charge in [-0.15, -0.1) is 0 Å². The molecule has 0 bridgehead atoms. The van der Waals surface area contributed by atoms with Crippen molar-refractivity contribution in [3.8, 4) is 39.8 Å². The molecule has 0 atom stereocenters. The predicted molar refractivity (Wildman–Crippen MR) is 161 cm³/mol. The van der Waals surface area contributed by atoms with Gasteiger partial charge in [-0.3, -0.25) is 0 Å². The number of hydrogen-bond acceptors (Lipinski definition) is 4. The second kappa shape index (κ2) is 12.0. The molecule has 0 aliphatic heterocycles. The van der Waals surface area contributed by atoms with Gasteiger partial charge >= 0.3 is 0 Å². The van der Waals surface area contributed by atoms with Crippen LogP contribution in [0.5, 0.6) is 11.5 Å². The lowest BCUT2D eigenvalue weighted by Crippen LogP contribution is -2.03. The number of halogens is 1. The van der Waals surface area contributed by atoms with Crippen molar-refractivity contribution in [2.75, 3.05) is 0 Å². The summed E-state index contributed by atoms with van der Waals surface area (Å²) in [4.78, 5) is 4.57. The fourth-order valence-electron chi connectivity index (χ4n) is 4.40. The highest BCUT2D eigenvalue weighted by molar-refractivity contribution is 9.10. The minimum absolute atomic E-state index is 0.425. The molecule has 0 unspecified atom stereocenters. The smallest absolute Gasteiger partial charge is 0.162 e. The molecule has 2 aromatic heterocycles. The van der Waals surface area contributed by atoms with Gasteiger partial charge in [0.25, 0.3) is 0 Å². The molecule has 5 nitrogen and oxygen atoms in total. The Bertz CT molecular complexity index is 1700. The van der Waals surface area contributed by atoms with Gasteiger partial charge in [-0.25, -0.2) is 9.67 Å². The Labute approximate surface area is 241 Å². The lowest BCUT2D eigenvalue weighted by atomic mass is 10.1. The summed E-state index contributed by atoms with van der Waals surface area (Å²) in [5.41, 5.74) is 5.86. The van der Waals surface area contributed by atoms with Crippen molar-refractivity contribution in [2.24, 2.45) is 0 Å². The van der Waals surface area contributed by atoms with Crippen molar-refractivity contribution in [1.29, 1.82) is 0 Å². The minimum atomic E-state index is 0.425. The van der Waals surface area contributed by atoms with Crippen molar-refractivity contribution >= 4 is 15.9 Å². The zero-order valence-electron chi connectivity index (χ0n) is 21.7. The third-order valence-corrected chi connectivity index (χ3v) is 6.90. The van der Waals surface area contributed by atoms with E-state index in [1.54, 1.807) is 6.20 Å². The van der Waals surface area contributed by atoms with Gasteiger partial charge in [0.1, 0.15) is 13.2 Å². The van der Waals surface area contributed by atoms with Gasteiger partial charge in [0.05, 0.1) is 11.4 Å². The molecule has 0 N–H and O–H groups in total. The van der Waals surface area contributed by atoms with E-state index in [0.717, 1.165) is 43.9 Å². The largest absolute Gasteiger partial charge is 0.485 e. The first-order valence-electron chi connectivity index (χ1n) is 13.0. The first-order chi connectivity index (χ1) is 19.7. The van der Waals surface area contributed by atoms with Gasteiger partial charge in [-0.05, 0) is 59.7 Å². The first-order valence-corrected chi connectivity index (χ1v) is 13.8. The van der Waals surface area contributed by atoms with Crippen LogP contribution in [-0.2, 0) is 13.2 Å². The lowest BCUT2D eigenvalue weighted by molar-refractivity contribution is 0.256. The van der Waals surface area contributed by atoms with Gasteiger partial charge in [0.2, 0.25) is 0 Å². The summed E-state index contributed by atoms with van der Waals surface area (Å²) in [6.45, 7) is 0.871. The van der Waals surface area contributed by atoms with Crippen molar-refractivity contribution in [3.05, 3.63) is 149 Å². The molecular weight excluding hydrogens is 562 g/mol. The van der Waals surface area contributed by atoms with Gasteiger partial charge in [0, 0.05) is 21.8 Å². The lowest BCUT2D eigenvalue weighted by Gasteiger charge is -2.15. The van der Waals surface area contributed by atoms with Crippen LogP contribution in [-0.4, -0.2) is 14.8 Å². The van der Waals surface area contributed by atoms with Crippen LogP contribution in [0.2, 0.25) is 0 Å². The normalized spacial score (nSPS) is 10.8. The molecule has 4 aromatic carbocycles. The van der Waals surface area contributed by atoms with Gasteiger partial charge in [-0.1, -0.05) is 94.8 Å². The van der Waals surface area contributed by atoms with E-state index in [1.807, 2.05) is 102 Å². The minimum Gasteiger partial charge on any atom is -0.485 e. The van der Waals surface area contributed by atoms with Crippen LogP contribution in [0.3, 0.4) is 0 Å². The van der Waals surface area contributed by atoms with E-state index < -0.39 is 0 Å². The maximum atomic E-state index is 6.35. The third kappa shape index (κ3) is 5.98. The van der Waals surface area contributed by atoms with E-state index in [9.17, 15) is 0 Å². The Morgan fingerprint density at radius 3 is 1.98 bits per heavy atom. The molecule has 0 fully saturated rings. The molecule has 0 saturated heterocycles. The SMILES string of the molecule is Brc1cccc(-c2cc(-c3ccc(OCc4ccccc4)c(OCc4ccccc4)c3)n(-c3ccccn3)n2)c1. The number of ether oxygens (including phenoxy) is 2. The van der Waals surface area contributed by atoms with E-state index in [1.165, 1.54) is 0 Å². The zero-order chi connectivity index (χ0) is 27.1. The number of hydrogen-bond donors (Lipinski definition) is 0. The van der Waals surface area contributed by atoms with Crippen molar-refractivity contribution in [2.45, 2.75) is 13.2 Å². The number of aromatic nitrogens is 3. The highest BCUT2D eigenvalue weighted by atomic mass is 79.9. The van der Waals surface area contributed by atoms with E-state index >= 15 is 0 Å². The molecule has 0 aliphatic carbocycles. The molecule has 6 aromatic rings. The molecular formula is C34H26BrN3O2. The molecule has 0 radical (unpaired) electrons. The molecule has 196 valence electrons. The maximum Gasteiger partial charge on any atom is 0.162 e. The summed E-state index contributed by atoms with van der Waals surface area (Å²) in [5, 5.41) is 4.95. The van der Waals surface area contributed by atoms with E-state index in [-0.39, 0.29) is 0 Å². The summed E-state index contributed by atoms with van der Waals surface area (Å²) < 4.78 is 15.5. The van der Waals surface area contributed by atoms with Gasteiger partial charge < -0.3 is 9.47 Å². The maximum absolute atomic E-state index is 6.35. The van der Waals surface area contributed by atoms with E-state index in [0.29, 0.717) is 24.7 Å². The van der Waals surface area contributed by atoms with Crippen LogP contribution in [0.25, 0.3) is 28.3 Å². The average molecular weight is 589 g/mol. The summed E-state index contributed by atoms with van der Waals surface area (Å²) in [5.74, 6) is 2.07. The van der Waals surface area contributed by atoms with Crippen LogP contribution in [0.1, 0.15) is 11.1 Å². The molecule has 0 spiro atoms. The molecule has 40 heavy (non-hydrogen) atoms. The van der Waals surface area contributed by atoms with Crippen molar-refractivity contribution < 1.29 is 9.47 Å². The highest BCUT2D eigenvalue weighted by Gasteiger charge is 2.17. The Morgan fingerprint density at radius 2 is 1.30 bits per heavy atom. The number of nitrogens with zero attached hydrogens (tertiary/aromatic N) is 3. The Hall–Kier alpha value is -4.68. The molecule has 6 rings (SSSR count).